The third-order valence-electron chi connectivity index (χ3n) is 3.09. The van der Waals surface area contributed by atoms with Crippen molar-refractivity contribution < 1.29 is 18.8 Å². The average Bonchev–Trinajstić information content (AvgIpc) is 2.44. The van der Waals surface area contributed by atoms with Crippen molar-refractivity contribution in [3.8, 4) is 0 Å². The molecule has 1 heterocycles. The molecule has 1 aromatic rings. The summed E-state index contributed by atoms with van der Waals surface area (Å²) in [6, 6.07) is 5.71. The van der Waals surface area contributed by atoms with Crippen LogP contribution in [0, 0.1) is 5.82 Å². The highest BCUT2D eigenvalue weighted by Gasteiger charge is 2.38. The van der Waals surface area contributed by atoms with Gasteiger partial charge in [-0.05, 0) is 26.0 Å². The lowest BCUT2D eigenvalue weighted by molar-refractivity contribution is -0.147. The molecular formula is C14H15FN2O3S. The van der Waals surface area contributed by atoms with E-state index in [1.165, 1.54) is 30.0 Å². The first-order valence-electron chi connectivity index (χ1n) is 6.45. The number of anilines is 1. The van der Waals surface area contributed by atoms with Crippen LogP contribution < -0.4 is 5.32 Å². The Hall–Kier alpha value is -1.89. The van der Waals surface area contributed by atoms with Crippen molar-refractivity contribution in [3.63, 3.8) is 0 Å². The molecule has 0 spiro atoms. The van der Waals surface area contributed by atoms with E-state index in [9.17, 15) is 18.8 Å². The Balaban J connectivity index is 2.06. The molecule has 5 nitrogen and oxygen atoms in total. The highest BCUT2D eigenvalue weighted by molar-refractivity contribution is 8.02. The van der Waals surface area contributed by atoms with E-state index in [-0.39, 0.29) is 16.2 Å². The van der Waals surface area contributed by atoms with Gasteiger partial charge in [-0.3, -0.25) is 19.3 Å². The summed E-state index contributed by atoms with van der Waals surface area (Å²) in [5, 5.41) is 1.61. The van der Waals surface area contributed by atoms with Crippen LogP contribution in [0.2, 0.25) is 0 Å². The number of nitrogens with one attached hydrogen (secondary N) is 1. The minimum atomic E-state index is -0.604. The maximum atomic E-state index is 13.4. The van der Waals surface area contributed by atoms with E-state index in [1.54, 1.807) is 19.9 Å². The van der Waals surface area contributed by atoms with Gasteiger partial charge < -0.3 is 5.32 Å². The van der Waals surface area contributed by atoms with Crippen LogP contribution in [0.1, 0.15) is 13.8 Å². The number of hydrogen-bond donors (Lipinski definition) is 1. The molecule has 1 aliphatic heterocycles. The fourth-order valence-electron chi connectivity index (χ4n) is 2.02. The highest BCUT2D eigenvalue weighted by Crippen LogP contribution is 2.26. The molecule has 1 saturated heterocycles. The number of nitrogens with zero attached hydrogens (tertiary/aromatic N) is 1. The number of rotatable bonds is 3. The van der Waals surface area contributed by atoms with E-state index in [4.69, 9.17) is 0 Å². The molecule has 0 aromatic heterocycles. The Morgan fingerprint density at radius 2 is 1.81 bits per heavy atom. The molecule has 112 valence electrons. The van der Waals surface area contributed by atoms with Crippen LogP contribution in [0.15, 0.2) is 24.3 Å². The van der Waals surface area contributed by atoms with E-state index in [1.807, 2.05) is 0 Å². The van der Waals surface area contributed by atoms with Gasteiger partial charge in [-0.1, -0.05) is 12.1 Å². The fourth-order valence-corrected chi connectivity index (χ4v) is 3.12. The Morgan fingerprint density at radius 1 is 1.24 bits per heavy atom. The molecule has 3 amide bonds. The number of carbonyl (C=O) groups excluding carboxylic acids is 3. The standard InChI is InChI=1S/C14H15FN2O3S/c1-8-13(19)17(14(20)9(2)21-8)7-12(18)16-11-6-4-3-5-10(11)15/h3-6,8-9H,7H2,1-2H3,(H,16,18). The van der Waals surface area contributed by atoms with Crippen molar-refractivity contribution in [3.05, 3.63) is 30.1 Å². The molecular weight excluding hydrogens is 295 g/mol. The highest BCUT2D eigenvalue weighted by atomic mass is 32.2. The number of imide groups is 1. The molecule has 1 aromatic carbocycles. The van der Waals surface area contributed by atoms with Gasteiger partial charge in [0.05, 0.1) is 16.2 Å². The summed E-state index contributed by atoms with van der Waals surface area (Å²) in [7, 11) is 0. The number of carbonyl (C=O) groups is 3. The van der Waals surface area contributed by atoms with Gasteiger partial charge in [0.2, 0.25) is 17.7 Å². The summed E-state index contributed by atoms with van der Waals surface area (Å²) in [6.07, 6.45) is 0. The first-order valence-corrected chi connectivity index (χ1v) is 7.39. The molecule has 1 fully saturated rings. The number of para-hydroxylation sites is 1. The van der Waals surface area contributed by atoms with Crippen molar-refractivity contribution in [1.29, 1.82) is 0 Å². The van der Waals surface area contributed by atoms with Crippen LogP contribution in [0.25, 0.3) is 0 Å². The third-order valence-corrected chi connectivity index (χ3v) is 4.31. The quantitative estimate of drug-likeness (QED) is 0.862. The van der Waals surface area contributed by atoms with Crippen molar-refractivity contribution in [1.82, 2.24) is 4.90 Å². The van der Waals surface area contributed by atoms with E-state index in [0.717, 1.165) is 4.90 Å². The SMILES string of the molecule is CC1SC(C)C(=O)N(CC(=O)Nc2ccccc2F)C1=O. The van der Waals surface area contributed by atoms with Crippen LogP contribution in [0.5, 0.6) is 0 Å². The van der Waals surface area contributed by atoms with Gasteiger partial charge in [0.1, 0.15) is 12.4 Å². The molecule has 1 aliphatic rings. The molecule has 7 heteroatoms. The summed E-state index contributed by atoms with van der Waals surface area (Å²) >= 11 is 1.26. The fraction of sp³-hybridized carbons (Fsp3) is 0.357. The molecule has 0 radical (unpaired) electrons. The lowest BCUT2D eigenvalue weighted by Crippen LogP contribution is -2.52. The average molecular weight is 310 g/mol. The lowest BCUT2D eigenvalue weighted by Gasteiger charge is -2.31. The minimum Gasteiger partial charge on any atom is -0.322 e. The number of halogens is 1. The van der Waals surface area contributed by atoms with Crippen LogP contribution in [0.4, 0.5) is 10.1 Å². The molecule has 0 saturated carbocycles. The smallest absolute Gasteiger partial charge is 0.244 e. The zero-order valence-corrected chi connectivity index (χ0v) is 12.4. The number of thioether (sulfide) groups is 1. The van der Waals surface area contributed by atoms with E-state index < -0.39 is 30.1 Å². The maximum Gasteiger partial charge on any atom is 0.244 e. The Morgan fingerprint density at radius 3 is 2.38 bits per heavy atom. The first-order chi connectivity index (χ1) is 9.90. The first kappa shape index (κ1) is 15.5. The maximum absolute atomic E-state index is 13.4. The van der Waals surface area contributed by atoms with Gasteiger partial charge >= 0.3 is 0 Å². The largest absolute Gasteiger partial charge is 0.322 e. The summed E-state index contributed by atoms with van der Waals surface area (Å²) in [6.45, 7) is 2.98. The third kappa shape index (κ3) is 3.41. The Labute approximate surface area is 125 Å². The molecule has 1 N–H and O–H groups in total. The lowest BCUT2D eigenvalue weighted by atomic mass is 10.2. The molecule has 2 unspecified atom stereocenters. The summed E-state index contributed by atoms with van der Waals surface area (Å²) < 4.78 is 13.4. The van der Waals surface area contributed by atoms with E-state index in [0.29, 0.717) is 0 Å². The van der Waals surface area contributed by atoms with Crippen molar-refractivity contribution in [2.24, 2.45) is 0 Å². The minimum absolute atomic E-state index is 0.0230. The predicted molar refractivity (Wildman–Crippen MR) is 78.3 cm³/mol. The molecule has 0 aliphatic carbocycles. The van der Waals surface area contributed by atoms with Crippen molar-refractivity contribution in [2.45, 2.75) is 24.3 Å². The summed E-state index contributed by atoms with van der Waals surface area (Å²) in [4.78, 5) is 36.8. The van der Waals surface area contributed by atoms with Gasteiger partial charge in [-0.15, -0.1) is 11.8 Å². The molecule has 0 bridgehead atoms. The monoisotopic (exact) mass is 310 g/mol. The van der Waals surface area contributed by atoms with Gasteiger partial charge in [-0.2, -0.15) is 0 Å². The second-order valence-electron chi connectivity index (χ2n) is 4.71. The second-order valence-corrected chi connectivity index (χ2v) is 6.40. The number of hydrogen-bond acceptors (Lipinski definition) is 4. The summed E-state index contributed by atoms with van der Waals surface area (Å²) in [5.41, 5.74) is 0.0230. The van der Waals surface area contributed by atoms with Crippen LogP contribution in [0.3, 0.4) is 0 Å². The molecule has 2 rings (SSSR count). The van der Waals surface area contributed by atoms with Crippen LogP contribution >= 0.6 is 11.8 Å². The predicted octanol–water partition coefficient (Wildman–Crippen LogP) is 1.64. The molecule has 2 atom stereocenters. The van der Waals surface area contributed by atoms with Crippen molar-refractivity contribution >= 4 is 35.2 Å². The Kier molecular flexibility index (Phi) is 4.62. The van der Waals surface area contributed by atoms with Crippen LogP contribution in [-0.4, -0.2) is 39.7 Å². The van der Waals surface area contributed by atoms with E-state index >= 15 is 0 Å². The Bertz CT molecular complexity index is 573. The number of amides is 3. The van der Waals surface area contributed by atoms with Gasteiger partial charge in [0.25, 0.3) is 0 Å². The topological polar surface area (TPSA) is 66.5 Å². The zero-order valence-electron chi connectivity index (χ0n) is 11.6. The number of benzene rings is 1. The second kappa shape index (κ2) is 6.26. The summed E-state index contributed by atoms with van der Waals surface area (Å²) in [5.74, 6) is -1.97. The van der Waals surface area contributed by atoms with Gasteiger partial charge in [0.15, 0.2) is 0 Å². The molecule has 21 heavy (non-hydrogen) atoms. The van der Waals surface area contributed by atoms with E-state index in [2.05, 4.69) is 5.32 Å². The van der Waals surface area contributed by atoms with Gasteiger partial charge in [-0.25, -0.2) is 4.39 Å². The van der Waals surface area contributed by atoms with Crippen molar-refractivity contribution in [2.75, 3.05) is 11.9 Å². The van der Waals surface area contributed by atoms with Crippen LogP contribution in [-0.2, 0) is 14.4 Å². The normalized spacial score (nSPS) is 22.3. The van der Waals surface area contributed by atoms with Gasteiger partial charge in [0, 0.05) is 0 Å². The zero-order chi connectivity index (χ0) is 15.6.